The lowest BCUT2D eigenvalue weighted by Gasteiger charge is -2.20. The molecule has 0 aliphatic heterocycles. The molecule has 1 atom stereocenters. The Morgan fingerprint density at radius 3 is 2.35 bits per heavy atom. The molecule has 0 heterocycles. The van der Waals surface area contributed by atoms with Gasteiger partial charge in [-0.3, -0.25) is 9.59 Å². The predicted molar refractivity (Wildman–Crippen MR) is 69.0 cm³/mol. The number of aliphatic carboxylic acids is 1. The normalized spacial score (nSPS) is 11.9. The van der Waals surface area contributed by atoms with E-state index in [-0.39, 0.29) is 12.3 Å². The lowest BCUT2D eigenvalue weighted by Crippen LogP contribution is -2.32. The van der Waals surface area contributed by atoms with Crippen molar-refractivity contribution in [2.45, 2.75) is 13.3 Å². The molecule has 17 heavy (non-hydrogen) atoms. The smallest absolute Gasteiger partial charge is 0.304 e. The first-order chi connectivity index (χ1) is 7.91. The molecule has 0 aliphatic rings. The van der Waals surface area contributed by atoms with Crippen LogP contribution >= 0.6 is 15.9 Å². The van der Waals surface area contributed by atoms with Crippen molar-refractivity contribution in [3.05, 3.63) is 28.7 Å². The lowest BCUT2D eigenvalue weighted by atomic mass is 10.1. The Kier molecular flexibility index (Phi) is 4.69. The van der Waals surface area contributed by atoms with Crippen molar-refractivity contribution in [3.63, 3.8) is 0 Å². The number of carboxylic acids is 1. The monoisotopic (exact) mass is 299 g/mol. The van der Waals surface area contributed by atoms with Crippen molar-refractivity contribution in [1.82, 2.24) is 0 Å². The van der Waals surface area contributed by atoms with Crippen LogP contribution in [0, 0.1) is 5.92 Å². The Hall–Kier alpha value is -1.36. The molecule has 1 aromatic carbocycles. The molecule has 0 aromatic heterocycles. The maximum atomic E-state index is 11.9. The van der Waals surface area contributed by atoms with Gasteiger partial charge >= 0.3 is 5.97 Å². The summed E-state index contributed by atoms with van der Waals surface area (Å²) in [5.41, 5.74) is 0.746. The first-order valence-electron chi connectivity index (χ1n) is 5.16. The summed E-state index contributed by atoms with van der Waals surface area (Å²) in [5.74, 6) is -1.69. The molecule has 1 N–H and O–H groups in total. The highest BCUT2D eigenvalue weighted by Gasteiger charge is 2.20. The van der Waals surface area contributed by atoms with Gasteiger partial charge in [-0.15, -0.1) is 0 Å². The van der Waals surface area contributed by atoms with Gasteiger partial charge in [-0.05, 0) is 24.3 Å². The average molecular weight is 300 g/mol. The molecule has 1 aromatic rings. The van der Waals surface area contributed by atoms with Gasteiger partial charge < -0.3 is 10.0 Å². The Labute approximate surface area is 108 Å². The highest BCUT2D eigenvalue weighted by Crippen LogP contribution is 2.19. The molecule has 1 rings (SSSR count). The largest absolute Gasteiger partial charge is 0.481 e. The van der Waals surface area contributed by atoms with Crippen molar-refractivity contribution < 1.29 is 14.7 Å². The standard InChI is InChI=1S/C12H14BrNO3/c1-8(7-11(15)16)12(17)14(2)10-5-3-9(13)4-6-10/h3-6,8H,7H2,1-2H3,(H,15,16). The fraction of sp³-hybridized carbons (Fsp3) is 0.333. The molecular weight excluding hydrogens is 286 g/mol. The fourth-order valence-electron chi connectivity index (χ4n) is 1.47. The SMILES string of the molecule is CC(CC(=O)O)C(=O)N(C)c1ccc(Br)cc1. The molecule has 0 radical (unpaired) electrons. The minimum absolute atomic E-state index is 0.153. The maximum Gasteiger partial charge on any atom is 0.304 e. The molecule has 4 nitrogen and oxygen atoms in total. The third-order valence-electron chi connectivity index (χ3n) is 2.45. The Morgan fingerprint density at radius 1 is 1.35 bits per heavy atom. The van der Waals surface area contributed by atoms with Crippen LogP contribution in [-0.4, -0.2) is 24.0 Å². The van der Waals surface area contributed by atoms with Crippen molar-refractivity contribution in [1.29, 1.82) is 0 Å². The van der Waals surface area contributed by atoms with Gasteiger partial charge in [-0.25, -0.2) is 0 Å². The molecule has 0 saturated carbocycles. The second-order valence-electron chi connectivity index (χ2n) is 3.87. The van der Waals surface area contributed by atoms with Gasteiger partial charge in [0.15, 0.2) is 0 Å². The maximum absolute atomic E-state index is 11.9. The molecular formula is C12H14BrNO3. The molecule has 5 heteroatoms. The summed E-state index contributed by atoms with van der Waals surface area (Å²) >= 11 is 3.31. The average Bonchev–Trinajstić information content (AvgIpc) is 2.27. The molecule has 1 unspecified atom stereocenters. The van der Waals surface area contributed by atoms with Gasteiger partial charge in [0, 0.05) is 23.1 Å². The van der Waals surface area contributed by atoms with E-state index in [1.54, 1.807) is 26.1 Å². The van der Waals surface area contributed by atoms with Crippen LogP contribution in [0.5, 0.6) is 0 Å². The van der Waals surface area contributed by atoms with E-state index < -0.39 is 11.9 Å². The molecule has 0 aliphatic carbocycles. The number of amides is 1. The highest BCUT2D eigenvalue weighted by molar-refractivity contribution is 9.10. The van der Waals surface area contributed by atoms with Gasteiger partial charge in [0.1, 0.15) is 0 Å². The number of carboxylic acid groups (broad SMARTS) is 1. The van der Waals surface area contributed by atoms with E-state index in [4.69, 9.17) is 5.11 Å². The van der Waals surface area contributed by atoms with E-state index in [0.29, 0.717) is 0 Å². The summed E-state index contributed by atoms with van der Waals surface area (Å²) in [6, 6.07) is 7.27. The molecule has 0 bridgehead atoms. The number of anilines is 1. The van der Waals surface area contributed by atoms with Crippen LogP contribution in [0.15, 0.2) is 28.7 Å². The number of hydrogen-bond donors (Lipinski definition) is 1. The Morgan fingerprint density at radius 2 is 1.88 bits per heavy atom. The first-order valence-corrected chi connectivity index (χ1v) is 5.96. The fourth-order valence-corrected chi connectivity index (χ4v) is 1.74. The number of carbonyl (C=O) groups is 2. The van der Waals surface area contributed by atoms with Crippen LogP contribution in [0.3, 0.4) is 0 Å². The van der Waals surface area contributed by atoms with Gasteiger partial charge in [-0.1, -0.05) is 22.9 Å². The summed E-state index contributed by atoms with van der Waals surface area (Å²) in [6.45, 7) is 1.62. The van der Waals surface area contributed by atoms with E-state index in [1.807, 2.05) is 12.1 Å². The second-order valence-corrected chi connectivity index (χ2v) is 4.79. The quantitative estimate of drug-likeness (QED) is 0.929. The third-order valence-corrected chi connectivity index (χ3v) is 2.98. The summed E-state index contributed by atoms with van der Waals surface area (Å²) in [7, 11) is 1.64. The van der Waals surface area contributed by atoms with Gasteiger partial charge in [0.05, 0.1) is 6.42 Å². The van der Waals surface area contributed by atoms with Gasteiger partial charge in [0.25, 0.3) is 0 Å². The van der Waals surface area contributed by atoms with E-state index in [0.717, 1.165) is 10.2 Å². The number of rotatable bonds is 4. The molecule has 0 spiro atoms. The second kappa shape index (κ2) is 5.82. The van der Waals surface area contributed by atoms with Crippen LogP contribution < -0.4 is 4.90 Å². The first kappa shape index (κ1) is 13.7. The molecule has 0 fully saturated rings. The minimum Gasteiger partial charge on any atom is -0.481 e. The Bertz CT molecular complexity index is 416. The van der Waals surface area contributed by atoms with Gasteiger partial charge in [-0.2, -0.15) is 0 Å². The van der Waals surface area contributed by atoms with E-state index in [9.17, 15) is 9.59 Å². The van der Waals surface area contributed by atoms with Gasteiger partial charge in [0.2, 0.25) is 5.91 Å². The van der Waals surface area contributed by atoms with Crippen LogP contribution in [0.25, 0.3) is 0 Å². The molecule has 92 valence electrons. The van der Waals surface area contributed by atoms with Crippen LogP contribution in [0.1, 0.15) is 13.3 Å². The third kappa shape index (κ3) is 3.85. The Balaban J connectivity index is 2.75. The zero-order valence-electron chi connectivity index (χ0n) is 9.68. The van der Waals surface area contributed by atoms with Crippen molar-refractivity contribution in [3.8, 4) is 0 Å². The minimum atomic E-state index is -0.963. The number of hydrogen-bond acceptors (Lipinski definition) is 2. The van der Waals surface area contributed by atoms with Crippen molar-refractivity contribution in [2.75, 3.05) is 11.9 Å². The van der Waals surface area contributed by atoms with Crippen LogP contribution in [0.2, 0.25) is 0 Å². The predicted octanol–water partition coefficient (Wildman–Crippen LogP) is 2.52. The zero-order chi connectivity index (χ0) is 13.0. The zero-order valence-corrected chi connectivity index (χ0v) is 11.3. The summed E-state index contributed by atoms with van der Waals surface area (Å²) in [4.78, 5) is 23.9. The number of benzene rings is 1. The van der Waals surface area contributed by atoms with Crippen molar-refractivity contribution >= 4 is 33.5 Å². The van der Waals surface area contributed by atoms with E-state index in [2.05, 4.69) is 15.9 Å². The van der Waals surface area contributed by atoms with E-state index in [1.165, 1.54) is 4.90 Å². The lowest BCUT2D eigenvalue weighted by molar-refractivity contribution is -0.140. The number of nitrogens with zero attached hydrogens (tertiary/aromatic N) is 1. The molecule has 0 saturated heterocycles. The number of carbonyl (C=O) groups excluding carboxylic acids is 1. The van der Waals surface area contributed by atoms with E-state index >= 15 is 0 Å². The van der Waals surface area contributed by atoms with Crippen LogP contribution in [-0.2, 0) is 9.59 Å². The van der Waals surface area contributed by atoms with Crippen LogP contribution in [0.4, 0.5) is 5.69 Å². The summed E-state index contributed by atoms with van der Waals surface area (Å²) < 4.78 is 0.931. The van der Waals surface area contributed by atoms with Crippen molar-refractivity contribution in [2.24, 2.45) is 5.92 Å². The summed E-state index contributed by atoms with van der Waals surface area (Å²) in [5, 5.41) is 8.64. The molecule has 1 amide bonds. The topological polar surface area (TPSA) is 57.6 Å². The number of halogens is 1. The highest BCUT2D eigenvalue weighted by atomic mass is 79.9. The summed E-state index contributed by atoms with van der Waals surface area (Å²) in [6.07, 6.45) is -0.153.